The number of carbonyl (C=O) groups is 1. The van der Waals surface area contributed by atoms with E-state index in [1.54, 1.807) is 0 Å². The van der Waals surface area contributed by atoms with Crippen LogP contribution in [0.5, 0.6) is 0 Å². The summed E-state index contributed by atoms with van der Waals surface area (Å²) >= 11 is 0. The standard InChI is InChI=1S/C21H29N5O/c1-14(2)26(15(3)4)13-12-22-20-17-10-11-23-21(27)18(17)24-19(25-20)16-8-6-5-7-9-16/h5-9,14-15H,10-13H2,1-4H3,(H,23,27)(H,22,24,25). The average Bonchev–Trinajstić information content (AvgIpc) is 2.65. The van der Waals surface area contributed by atoms with Gasteiger partial charge >= 0.3 is 0 Å². The Morgan fingerprint density at radius 3 is 2.48 bits per heavy atom. The third-order valence-electron chi connectivity index (χ3n) is 4.90. The molecule has 6 heteroatoms. The minimum Gasteiger partial charge on any atom is -0.368 e. The van der Waals surface area contributed by atoms with E-state index in [-0.39, 0.29) is 5.91 Å². The number of amides is 1. The van der Waals surface area contributed by atoms with E-state index < -0.39 is 0 Å². The maximum atomic E-state index is 12.3. The molecule has 0 bridgehead atoms. The zero-order chi connectivity index (χ0) is 19.4. The van der Waals surface area contributed by atoms with Crippen LogP contribution in [0.15, 0.2) is 30.3 Å². The van der Waals surface area contributed by atoms with Crippen LogP contribution in [0.1, 0.15) is 43.7 Å². The topological polar surface area (TPSA) is 70.2 Å². The summed E-state index contributed by atoms with van der Waals surface area (Å²) in [6, 6.07) is 10.8. The molecule has 1 aromatic heterocycles. The second kappa shape index (κ2) is 8.48. The smallest absolute Gasteiger partial charge is 0.270 e. The molecule has 27 heavy (non-hydrogen) atoms. The highest BCUT2D eigenvalue weighted by Gasteiger charge is 2.24. The van der Waals surface area contributed by atoms with Gasteiger partial charge in [-0.3, -0.25) is 9.69 Å². The highest BCUT2D eigenvalue weighted by Crippen LogP contribution is 2.24. The van der Waals surface area contributed by atoms with Crippen LogP contribution < -0.4 is 10.6 Å². The summed E-state index contributed by atoms with van der Waals surface area (Å²) in [4.78, 5) is 24.1. The molecule has 1 aliphatic rings. The molecule has 3 rings (SSSR count). The van der Waals surface area contributed by atoms with Gasteiger partial charge in [-0.05, 0) is 34.1 Å². The van der Waals surface area contributed by atoms with Crippen LogP contribution in [0.3, 0.4) is 0 Å². The fourth-order valence-electron chi connectivity index (χ4n) is 3.57. The predicted octanol–water partition coefficient (Wildman–Crippen LogP) is 2.96. The second-order valence-electron chi connectivity index (χ2n) is 7.45. The molecule has 6 nitrogen and oxygen atoms in total. The molecule has 1 aromatic carbocycles. The summed E-state index contributed by atoms with van der Waals surface area (Å²) in [7, 11) is 0. The number of anilines is 1. The SMILES string of the molecule is CC(C)N(CCNc1nc(-c2ccccc2)nc2c1CCNC2=O)C(C)C. The third kappa shape index (κ3) is 4.45. The molecule has 2 heterocycles. The molecule has 0 fully saturated rings. The number of benzene rings is 1. The Labute approximate surface area is 161 Å². The van der Waals surface area contributed by atoms with Crippen LogP contribution in [0.25, 0.3) is 11.4 Å². The molecule has 144 valence electrons. The van der Waals surface area contributed by atoms with Gasteiger partial charge in [0.2, 0.25) is 0 Å². The lowest BCUT2D eigenvalue weighted by molar-refractivity contribution is 0.0940. The Morgan fingerprint density at radius 1 is 1.11 bits per heavy atom. The lowest BCUT2D eigenvalue weighted by Crippen LogP contribution is -2.40. The Kier molecular flexibility index (Phi) is 6.06. The van der Waals surface area contributed by atoms with Gasteiger partial charge in [-0.25, -0.2) is 9.97 Å². The second-order valence-corrected chi connectivity index (χ2v) is 7.45. The van der Waals surface area contributed by atoms with E-state index in [1.165, 1.54) is 0 Å². The molecule has 0 spiro atoms. The number of carbonyl (C=O) groups excluding carboxylic acids is 1. The van der Waals surface area contributed by atoms with Crippen molar-refractivity contribution in [3.05, 3.63) is 41.6 Å². The third-order valence-corrected chi connectivity index (χ3v) is 4.90. The molecule has 2 N–H and O–H groups in total. The van der Waals surface area contributed by atoms with E-state index in [2.05, 4.69) is 48.2 Å². The van der Waals surface area contributed by atoms with Gasteiger partial charge in [0.15, 0.2) is 5.82 Å². The van der Waals surface area contributed by atoms with Gasteiger partial charge in [0.1, 0.15) is 11.5 Å². The maximum absolute atomic E-state index is 12.3. The molecule has 0 saturated heterocycles. The quantitative estimate of drug-likeness (QED) is 0.787. The van der Waals surface area contributed by atoms with Crippen molar-refractivity contribution in [3.8, 4) is 11.4 Å². The van der Waals surface area contributed by atoms with Crippen LogP contribution >= 0.6 is 0 Å². The predicted molar refractivity (Wildman–Crippen MR) is 109 cm³/mol. The summed E-state index contributed by atoms with van der Waals surface area (Å²) in [5.74, 6) is 1.24. The summed E-state index contributed by atoms with van der Waals surface area (Å²) in [6.07, 6.45) is 0.747. The van der Waals surface area contributed by atoms with Crippen LogP contribution in [0.2, 0.25) is 0 Å². The number of nitrogens with one attached hydrogen (secondary N) is 2. The van der Waals surface area contributed by atoms with Crippen molar-refractivity contribution < 1.29 is 4.79 Å². The van der Waals surface area contributed by atoms with Crippen molar-refractivity contribution in [1.29, 1.82) is 0 Å². The molecule has 1 aliphatic heterocycles. The zero-order valence-electron chi connectivity index (χ0n) is 16.6. The van der Waals surface area contributed by atoms with E-state index in [4.69, 9.17) is 4.98 Å². The molecule has 0 radical (unpaired) electrons. The Bertz CT molecular complexity index is 781. The fourth-order valence-corrected chi connectivity index (χ4v) is 3.57. The van der Waals surface area contributed by atoms with Crippen molar-refractivity contribution >= 4 is 11.7 Å². The van der Waals surface area contributed by atoms with Gasteiger partial charge in [0, 0.05) is 42.8 Å². The van der Waals surface area contributed by atoms with Crippen molar-refractivity contribution in [2.45, 2.75) is 46.2 Å². The average molecular weight is 367 g/mol. The number of hydrogen-bond acceptors (Lipinski definition) is 5. The molecule has 0 aliphatic carbocycles. The summed E-state index contributed by atoms with van der Waals surface area (Å²) in [5.41, 5.74) is 2.31. The van der Waals surface area contributed by atoms with Crippen molar-refractivity contribution in [3.63, 3.8) is 0 Å². The first-order valence-corrected chi connectivity index (χ1v) is 9.71. The number of hydrogen-bond donors (Lipinski definition) is 2. The molecule has 0 atom stereocenters. The Hall–Kier alpha value is -2.47. The molecule has 1 amide bonds. The maximum Gasteiger partial charge on any atom is 0.270 e. The lowest BCUT2D eigenvalue weighted by Gasteiger charge is -2.30. The number of nitrogens with zero attached hydrogens (tertiary/aromatic N) is 3. The Morgan fingerprint density at radius 2 is 1.81 bits per heavy atom. The van der Waals surface area contributed by atoms with Crippen LogP contribution in [-0.4, -0.2) is 52.5 Å². The van der Waals surface area contributed by atoms with Gasteiger partial charge in [-0.2, -0.15) is 0 Å². The zero-order valence-corrected chi connectivity index (χ0v) is 16.6. The molecular formula is C21H29N5O. The highest BCUT2D eigenvalue weighted by atomic mass is 16.1. The lowest BCUT2D eigenvalue weighted by atomic mass is 10.1. The summed E-state index contributed by atoms with van der Waals surface area (Å²) in [6.45, 7) is 11.2. The van der Waals surface area contributed by atoms with Crippen LogP contribution in [0.4, 0.5) is 5.82 Å². The van der Waals surface area contributed by atoms with Crippen molar-refractivity contribution in [2.75, 3.05) is 25.0 Å². The number of rotatable bonds is 7. The summed E-state index contributed by atoms with van der Waals surface area (Å²) in [5, 5.41) is 6.35. The molecule has 0 unspecified atom stereocenters. The van der Waals surface area contributed by atoms with E-state index in [0.29, 0.717) is 30.1 Å². The van der Waals surface area contributed by atoms with Crippen LogP contribution in [-0.2, 0) is 6.42 Å². The van der Waals surface area contributed by atoms with E-state index in [0.717, 1.165) is 36.5 Å². The van der Waals surface area contributed by atoms with Crippen LogP contribution in [0, 0.1) is 0 Å². The first-order valence-electron chi connectivity index (χ1n) is 9.71. The Balaban J connectivity index is 1.87. The van der Waals surface area contributed by atoms with Crippen molar-refractivity contribution in [1.82, 2.24) is 20.2 Å². The van der Waals surface area contributed by atoms with E-state index >= 15 is 0 Å². The van der Waals surface area contributed by atoms with Gasteiger partial charge < -0.3 is 10.6 Å². The molecular weight excluding hydrogens is 338 g/mol. The largest absolute Gasteiger partial charge is 0.368 e. The minimum atomic E-state index is -0.120. The highest BCUT2D eigenvalue weighted by molar-refractivity contribution is 5.96. The van der Waals surface area contributed by atoms with Crippen molar-refractivity contribution in [2.24, 2.45) is 0 Å². The minimum absolute atomic E-state index is 0.120. The fraction of sp³-hybridized carbons (Fsp3) is 0.476. The first-order chi connectivity index (χ1) is 13.0. The van der Waals surface area contributed by atoms with Gasteiger partial charge in [0.05, 0.1) is 0 Å². The van der Waals surface area contributed by atoms with E-state index in [9.17, 15) is 4.79 Å². The van der Waals surface area contributed by atoms with Gasteiger partial charge in [0.25, 0.3) is 5.91 Å². The number of aromatic nitrogens is 2. The number of fused-ring (bicyclic) bond motifs is 1. The molecule has 2 aromatic rings. The van der Waals surface area contributed by atoms with E-state index in [1.807, 2.05) is 30.3 Å². The first kappa shape index (κ1) is 19.3. The van der Waals surface area contributed by atoms with Gasteiger partial charge in [-0.1, -0.05) is 30.3 Å². The normalized spacial score (nSPS) is 13.8. The van der Waals surface area contributed by atoms with Gasteiger partial charge in [-0.15, -0.1) is 0 Å². The monoisotopic (exact) mass is 367 g/mol. The molecule has 0 saturated carbocycles. The summed E-state index contributed by atoms with van der Waals surface area (Å²) < 4.78 is 0.